The smallest absolute Gasteiger partial charge is 0.198 e. The summed E-state index contributed by atoms with van der Waals surface area (Å²) in [6.07, 6.45) is 0. The lowest BCUT2D eigenvalue weighted by Gasteiger charge is -2.03. The molecule has 3 N–H and O–H groups in total. The minimum Gasteiger partial charge on any atom is -0.369 e. The summed E-state index contributed by atoms with van der Waals surface area (Å²) in [5.74, 6) is 0.466. The molecule has 17 heavy (non-hydrogen) atoms. The summed E-state index contributed by atoms with van der Waals surface area (Å²) in [4.78, 5) is 7.35. The van der Waals surface area contributed by atoms with Crippen LogP contribution in [0.3, 0.4) is 0 Å². The number of nitrogen functional groups attached to an aromatic ring is 1. The van der Waals surface area contributed by atoms with Crippen molar-refractivity contribution < 1.29 is 0 Å². The fourth-order valence-corrected chi connectivity index (χ4v) is 2.10. The van der Waals surface area contributed by atoms with Crippen molar-refractivity contribution in [2.75, 3.05) is 5.73 Å². The van der Waals surface area contributed by atoms with Crippen molar-refractivity contribution >= 4 is 17.0 Å². The summed E-state index contributed by atoms with van der Waals surface area (Å²) in [6, 6.07) is 14.5. The van der Waals surface area contributed by atoms with Gasteiger partial charge in [0.15, 0.2) is 5.95 Å². The minimum absolute atomic E-state index is 0.466. The number of benzene rings is 2. The Bertz CT molecular complexity index is 669. The van der Waals surface area contributed by atoms with Crippen molar-refractivity contribution in [1.29, 1.82) is 0 Å². The highest BCUT2D eigenvalue weighted by Gasteiger charge is 2.06. The van der Waals surface area contributed by atoms with Crippen LogP contribution in [0.4, 0.5) is 5.95 Å². The molecule has 0 spiro atoms. The van der Waals surface area contributed by atoms with Gasteiger partial charge in [-0.3, -0.25) is 0 Å². The first kappa shape index (κ1) is 9.90. The molecule has 0 radical (unpaired) electrons. The normalized spacial score (nSPS) is 10.9. The average Bonchev–Trinajstić information content (AvgIpc) is 2.71. The Morgan fingerprint density at radius 2 is 1.82 bits per heavy atom. The van der Waals surface area contributed by atoms with Crippen LogP contribution in [-0.4, -0.2) is 9.97 Å². The molecule has 0 aliphatic heterocycles. The predicted octanol–water partition coefficient (Wildman–Crippen LogP) is 3.12. The molecule has 84 valence electrons. The molecule has 0 saturated carbocycles. The molecule has 1 heterocycles. The monoisotopic (exact) mass is 223 g/mol. The number of imidazole rings is 1. The molecule has 3 aromatic rings. The van der Waals surface area contributed by atoms with Crippen LogP contribution in [0, 0.1) is 6.92 Å². The van der Waals surface area contributed by atoms with Gasteiger partial charge in [0, 0.05) is 0 Å². The summed E-state index contributed by atoms with van der Waals surface area (Å²) in [7, 11) is 0. The second-order valence-corrected chi connectivity index (χ2v) is 4.18. The van der Waals surface area contributed by atoms with Gasteiger partial charge in [0.2, 0.25) is 0 Å². The fourth-order valence-electron chi connectivity index (χ4n) is 2.10. The van der Waals surface area contributed by atoms with E-state index in [4.69, 9.17) is 5.73 Å². The SMILES string of the molecule is Cc1cc(-c2ccccc2)cc2nc(N)[nH]c12. The third-order valence-electron chi connectivity index (χ3n) is 2.92. The zero-order valence-corrected chi connectivity index (χ0v) is 9.57. The van der Waals surface area contributed by atoms with E-state index in [0.29, 0.717) is 5.95 Å². The van der Waals surface area contributed by atoms with Crippen LogP contribution in [0.1, 0.15) is 5.56 Å². The maximum absolute atomic E-state index is 5.68. The van der Waals surface area contributed by atoms with Crippen molar-refractivity contribution in [2.45, 2.75) is 6.92 Å². The van der Waals surface area contributed by atoms with Crippen LogP contribution >= 0.6 is 0 Å². The summed E-state index contributed by atoms with van der Waals surface area (Å²) in [6.45, 7) is 2.06. The number of aromatic amines is 1. The topological polar surface area (TPSA) is 54.7 Å². The lowest BCUT2D eigenvalue weighted by molar-refractivity contribution is 1.35. The number of hydrogen-bond donors (Lipinski definition) is 2. The van der Waals surface area contributed by atoms with Gasteiger partial charge < -0.3 is 10.7 Å². The zero-order chi connectivity index (χ0) is 11.8. The van der Waals surface area contributed by atoms with Gasteiger partial charge >= 0.3 is 0 Å². The second kappa shape index (κ2) is 3.63. The van der Waals surface area contributed by atoms with Crippen LogP contribution in [-0.2, 0) is 0 Å². The van der Waals surface area contributed by atoms with E-state index in [1.807, 2.05) is 18.2 Å². The van der Waals surface area contributed by atoms with E-state index >= 15 is 0 Å². The van der Waals surface area contributed by atoms with Gasteiger partial charge in [0.25, 0.3) is 0 Å². The van der Waals surface area contributed by atoms with E-state index in [0.717, 1.165) is 16.6 Å². The first-order valence-electron chi connectivity index (χ1n) is 5.55. The Morgan fingerprint density at radius 3 is 2.59 bits per heavy atom. The van der Waals surface area contributed by atoms with Crippen molar-refractivity contribution in [3.8, 4) is 11.1 Å². The molecule has 3 nitrogen and oxygen atoms in total. The van der Waals surface area contributed by atoms with Crippen molar-refractivity contribution in [3.63, 3.8) is 0 Å². The Labute approximate surface area is 99.3 Å². The Kier molecular flexibility index (Phi) is 2.11. The van der Waals surface area contributed by atoms with E-state index < -0.39 is 0 Å². The Balaban J connectivity index is 2.25. The van der Waals surface area contributed by atoms with E-state index in [1.54, 1.807) is 0 Å². The van der Waals surface area contributed by atoms with Gasteiger partial charge in [-0.25, -0.2) is 4.98 Å². The highest BCUT2D eigenvalue weighted by atomic mass is 15.0. The first-order valence-corrected chi connectivity index (χ1v) is 5.55. The lowest BCUT2D eigenvalue weighted by atomic mass is 10.0. The molecule has 1 aromatic heterocycles. The first-order chi connectivity index (χ1) is 8.24. The number of fused-ring (bicyclic) bond motifs is 1. The van der Waals surface area contributed by atoms with Crippen LogP contribution in [0.5, 0.6) is 0 Å². The fraction of sp³-hybridized carbons (Fsp3) is 0.0714. The number of H-pyrrole nitrogens is 1. The molecule has 0 atom stereocenters. The van der Waals surface area contributed by atoms with E-state index in [2.05, 4.69) is 41.2 Å². The van der Waals surface area contributed by atoms with E-state index in [-0.39, 0.29) is 0 Å². The molecular formula is C14H13N3. The summed E-state index contributed by atoms with van der Waals surface area (Å²) < 4.78 is 0. The number of anilines is 1. The third kappa shape index (κ3) is 1.65. The Hall–Kier alpha value is -2.29. The van der Waals surface area contributed by atoms with Gasteiger partial charge in [-0.05, 0) is 35.7 Å². The van der Waals surface area contributed by atoms with Crippen molar-refractivity contribution in [2.24, 2.45) is 0 Å². The summed E-state index contributed by atoms with van der Waals surface area (Å²) in [5.41, 5.74) is 11.1. The highest BCUT2D eigenvalue weighted by Crippen LogP contribution is 2.26. The van der Waals surface area contributed by atoms with Crippen LogP contribution in [0.25, 0.3) is 22.2 Å². The van der Waals surface area contributed by atoms with Gasteiger partial charge in [0.05, 0.1) is 11.0 Å². The van der Waals surface area contributed by atoms with Crippen LogP contribution in [0.2, 0.25) is 0 Å². The molecule has 3 rings (SSSR count). The number of rotatable bonds is 1. The van der Waals surface area contributed by atoms with Gasteiger partial charge in [-0.15, -0.1) is 0 Å². The molecule has 0 aliphatic carbocycles. The highest BCUT2D eigenvalue weighted by molar-refractivity contribution is 5.86. The summed E-state index contributed by atoms with van der Waals surface area (Å²) in [5, 5.41) is 0. The molecule has 0 bridgehead atoms. The second-order valence-electron chi connectivity index (χ2n) is 4.18. The minimum atomic E-state index is 0.466. The number of nitrogens with two attached hydrogens (primary N) is 1. The van der Waals surface area contributed by atoms with Crippen molar-refractivity contribution in [3.05, 3.63) is 48.0 Å². The maximum atomic E-state index is 5.68. The molecule has 0 fully saturated rings. The molecule has 0 aliphatic rings. The number of aromatic nitrogens is 2. The standard InChI is InChI=1S/C14H13N3/c1-9-7-11(10-5-3-2-4-6-10)8-12-13(9)17-14(15)16-12/h2-8H,1H3,(H3,15,16,17). The van der Waals surface area contributed by atoms with Crippen LogP contribution in [0.15, 0.2) is 42.5 Å². The average molecular weight is 223 g/mol. The molecule has 2 aromatic carbocycles. The van der Waals surface area contributed by atoms with Crippen molar-refractivity contribution in [1.82, 2.24) is 9.97 Å². The van der Waals surface area contributed by atoms with Crippen LogP contribution < -0.4 is 5.73 Å². The Morgan fingerprint density at radius 1 is 1.06 bits per heavy atom. The number of aryl methyl sites for hydroxylation is 1. The predicted molar refractivity (Wildman–Crippen MR) is 70.7 cm³/mol. The number of nitrogens with one attached hydrogen (secondary N) is 1. The van der Waals surface area contributed by atoms with Gasteiger partial charge in [-0.2, -0.15) is 0 Å². The quantitative estimate of drug-likeness (QED) is 0.666. The molecular weight excluding hydrogens is 210 g/mol. The van der Waals surface area contributed by atoms with E-state index in [9.17, 15) is 0 Å². The molecule has 0 saturated heterocycles. The van der Waals surface area contributed by atoms with Gasteiger partial charge in [0.1, 0.15) is 0 Å². The van der Waals surface area contributed by atoms with E-state index in [1.165, 1.54) is 11.1 Å². The summed E-state index contributed by atoms with van der Waals surface area (Å²) >= 11 is 0. The maximum Gasteiger partial charge on any atom is 0.198 e. The molecule has 3 heteroatoms. The largest absolute Gasteiger partial charge is 0.369 e. The zero-order valence-electron chi connectivity index (χ0n) is 9.57. The number of hydrogen-bond acceptors (Lipinski definition) is 2. The van der Waals surface area contributed by atoms with Gasteiger partial charge in [-0.1, -0.05) is 30.3 Å². The third-order valence-corrected chi connectivity index (χ3v) is 2.92. The molecule has 0 amide bonds. The number of nitrogens with zero attached hydrogens (tertiary/aromatic N) is 1. The lowest BCUT2D eigenvalue weighted by Crippen LogP contribution is -1.84. The molecule has 0 unspecified atom stereocenters.